The van der Waals surface area contributed by atoms with Gasteiger partial charge in [0.1, 0.15) is 17.1 Å². The van der Waals surface area contributed by atoms with Gasteiger partial charge in [0.25, 0.3) is 5.56 Å². The van der Waals surface area contributed by atoms with Crippen molar-refractivity contribution in [2.45, 2.75) is 30.6 Å². The molecule has 4 aromatic rings. The Bertz CT molecular complexity index is 1420. The highest BCUT2D eigenvalue weighted by atomic mass is 32.2. The Hall–Kier alpha value is -3.86. The summed E-state index contributed by atoms with van der Waals surface area (Å²) in [6.07, 6.45) is 3.16. The number of anilines is 1. The molecular formula is C22H20N6O4S. The minimum absolute atomic E-state index is 0.0709. The summed E-state index contributed by atoms with van der Waals surface area (Å²) in [5, 5.41) is 9.06. The number of aromatic nitrogens is 5. The Morgan fingerprint density at radius 2 is 1.94 bits per heavy atom. The van der Waals surface area contributed by atoms with Crippen LogP contribution in [-0.2, 0) is 6.54 Å². The van der Waals surface area contributed by atoms with Crippen LogP contribution in [0.5, 0.6) is 0 Å². The van der Waals surface area contributed by atoms with Crippen LogP contribution in [0.1, 0.15) is 35.0 Å². The van der Waals surface area contributed by atoms with Crippen molar-refractivity contribution in [2.24, 2.45) is 0 Å². The number of hydrogen-bond acceptors (Lipinski definition) is 8. The first-order chi connectivity index (χ1) is 16.0. The third-order valence-corrected chi connectivity index (χ3v) is 6.31. The molecule has 168 valence electrons. The molecule has 3 heterocycles. The molecule has 0 radical (unpaired) electrons. The van der Waals surface area contributed by atoms with Gasteiger partial charge in [-0.05, 0) is 25.0 Å². The predicted octanol–water partition coefficient (Wildman–Crippen LogP) is 2.33. The van der Waals surface area contributed by atoms with Crippen molar-refractivity contribution in [3.8, 4) is 11.4 Å². The minimum atomic E-state index is -0.776. The second-order valence-electron chi connectivity index (χ2n) is 7.67. The van der Waals surface area contributed by atoms with Gasteiger partial charge in [-0.3, -0.25) is 23.7 Å². The molecule has 1 aliphatic rings. The van der Waals surface area contributed by atoms with E-state index in [2.05, 4.69) is 15.2 Å². The number of nitrogens with zero attached hydrogens (tertiary/aromatic N) is 4. The van der Waals surface area contributed by atoms with E-state index in [0.717, 1.165) is 30.2 Å². The van der Waals surface area contributed by atoms with Crippen molar-refractivity contribution < 1.29 is 9.21 Å². The summed E-state index contributed by atoms with van der Waals surface area (Å²) in [5.74, 6) is 0.668. The van der Waals surface area contributed by atoms with Gasteiger partial charge in [-0.1, -0.05) is 42.1 Å². The molecule has 1 fully saturated rings. The summed E-state index contributed by atoms with van der Waals surface area (Å²) >= 11 is 1.14. The highest BCUT2D eigenvalue weighted by Crippen LogP contribution is 2.35. The zero-order chi connectivity index (χ0) is 22.9. The van der Waals surface area contributed by atoms with Crippen LogP contribution in [0.25, 0.3) is 11.4 Å². The lowest BCUT2D eigenvalue weighted by molar-refractivity contribution is 0.102. The van der Waals surface area contributed by atoms with Crippen molar-refractivity contribution in [1.29, 1.82) is 0 Å². The molecule has 10 nitrogen and oxygen atoms in total. The van der Waals surface area contributed by atoms with Gasteiger partial charge in [-0.25, -0.2) is 4.79 Å². The Labute approximate surface area is 191 Å². The number of H-pyrrole nitrogens is 1. The molecule has 0 bridgehead atoms. The average Bonchev–Trinajstić information content (AvgIpc) is 3.34. The van der Waals surface area contributed by atoms with E-state index in [1.165, 1.54) is 4.57 Å². The molecule has 0 spiro atoms. The fourth-order valence-electron chi connectivity index (χ4n) is 3.63. The van der Waals surface area contributed by atoms with Crippen LogP contribution in [0.15, 0.2) is 67.9 Å². The maximum absolute atomic E-state index is 13.0. The second-order valence-corrected chi connectivity index (χ2v) is 8.61. The molecule has 3 N–H and O–H groups in total. The van der Waals surface area contributed by atoms with Gasteiger partial charge >= 0.3 is 5.69 Å². The molecule has 0 aliphatic heterocycles. The van der Waals surface area contributed by atoms with E-state index in [1.807, 2.05) is 41.0 Å². The third-order valence-electron chi connectivity index (χ3n) is 5.35. The molecule has 0 amide bonds. The SMILES string of the molecule is Nc1c(C(=O)CSc2nnc(-c3ccccc3)n2Cc2ccco2)c(=O)[nH]c(=O)n1C1CC1. The summed E-state index contributed by atoms with van der Waals surface area (Å²) in [7, 11) is 0. The van der Waals surface area contributed by atoms with E-state index < -0.39 is 17.0 Å². The molecule has 0 atom stereocenters. The van der Waals surface area contributed by atoms with Gasteiger partial charge in [0.2, 0.25) is 0 Å². The summed E-state index contributed by atoms with van der Waals surface area (Å²) in [6, 6.07) is 13.1. The van der Waals surface area contributed by atoms with Crippen LogP contribution >= 0.6 is 11.8 Å². The lowest BCUT2D eigenvalue weighted by Gasteiger charge is -2.11. The van der Waals surface area contributed by atoms with Crippen molar-refractivity contribution in [2.75, 3.05) is 11.5 Å². The molecule has 1 saturated carbocycles. The van der Waals surface area contributed by atoms with E-state index in [9.17, 15) is 14.4 Å². The zero-order valence-electron chi connectivity index (χ0n) is 17.4. The topological polar surface area (TPSA) is 142 Å². The molecule has 1 aromatic carbocycles. The average molecular weight is 465 g/mol. The van der Waals surface area contributed by atoms with Crippen molar-refractivity contribution in [3.05, 3.63) is 80.9 Å². The molecule has 0 saturated heterocycles. The first-order valence-electron chi connectivity index (χ1n) is 10.3. The van der Waals surface area contributed by atoms with Gasteiger partial charge in [-0.2, -0.15) is 0 Å². The number of benzene rings is 1. The van der Waals surface area contributed by atoms with E-state index in [0.29, 0.717) is 23.3 Å². The number of nitrogens with two attached hydrogens (primary N) is 1. The molecule has 33 heavy (non-hydrogen) atoms. The molecular weight excluding hydrogens is 444 g/mol. The molecule has 3 aromatic heterocycles. The Balaban J connectivity index is 1.44. The van der Waals surface area contributed by atoms with E-state index in [-0.39, 0.29) is 23.2 Å². The van der Waals surface area contributed by atoms with Crippen LogP contribution in [0.3, 0.4) is 0 Å². The Kier molecular flexibility index (Phi) is 5.47. The largest absolute Gasteiger partial charge is 0.467 e. The summed E-state index contributed by atoms with van der Waals surface area (Å²) < 4.78 is 8.63. The lowest BCUT2D eigenvalue weighted by atomic mass is 10.2. The van der Waals surface area contributed by atoms with Crippen molar-refractivity contribution >= 4 is 23.4 Å². The third kappa shape index (κ3) is 4.14. The smallest absolute Gasteiger partial charge is 0.330 e. The number of thioether (sulfide) groups is 1. The summed E-state index contributed by atoms with van der Waals surface area (Å²) in [4.78, 5) is 39.6. The van der Waals surface area contributed by atoms with E-state index in [1.54, 1.807) is 12.3 Å². The molecule has 0 unspecified atom stereocenters. The number of nitrogens with one attached hydrogen (secondary N) is 1. The number of aromatic amines is 1. The van der Waals surface area contributed by atoms with Crippen molar-refractivity contribution in [3.63, 3.8) is 0 Å². The van der Waals surface area contributed by atoms with Gasteiger partial charge < -0.3 is 10.2 Å². The van der Waals surface area contributed by atoms with Crippen LogP contribution in [0, 0.1) is 0 Å². The maximum Gasteiger partial charge on any atom is 0.330 e. The lowest BCUT2D eigenvalue weighted by Crippen LogP contribution is -2.36. The molecule has 11 heteroatoms. The minimum Gasteiger partial charge on any atom is -0.467 e. The number of nitrogen functional groups attached to an aromatic ring is 1. The number of carbonyl (C=O) groups excluding carboxylic acids is 1. The van der Waals surface area contributed by atoms with Gasteiger partial charge in [0.05, 0.1) is 18.6 Å². The monoisotopic (exact) mass is 464 g/mol. The second kappa shape index (κ2) is 8.58. The van der Waals surface area contributed by atoms with Gasteiger partial charge in [0.15, 0.2) is 16.8 Å². The van der Waals surface area contributed by atoms with Gasteiger partial charge in [0, 0.05) is 11.6 Å². The predicted molar refractivity (Wildman–Crippen MR) is 122 cm³/mol. The fourth-order valence-corrected chi connectivity index (χ4v) is 4.44. The van der Waals surface area contributed by atoms with Crippen molar-refractivity contribution in [1.82, 2.24) is 24.3 Å². The van der Waals surface area contributed by atoms with E-state index >= 15 is 0 Å². The number of furan rings is 1. The maximum atomic E-state index is 13.0. The van der Waals surface area contributed by atoms with E-state index in [4.69, 9.17) is 10.2 Å². The van der Waals surface area contributed by atoms with Crippen LogP contribution in [0.4, 0.5) is 5.82 Å². The van der Waals surface area contributed by atoms with Gasteiger partial charge in [-0.15, -0.1) is 10.2 Å². The van der Waals surface area contributed by atoms with Crippen LogP contribution < -0.4 is 17.0 Å². The molecule has 1 aliphatic carbocycles. The molecule has 5 rings (SSSR count). The summed E-state index contributed by atoms with van der Waals surface area (Å²) in [6.45, 7) is 0.371. The first kappa shape index (κ1) is 21.0. The van der Waals surface area contributed by atoms with Crippen LogP contribution in [0.2, 0.25) is 0 Å². The first-order valence-corrected chi connectivity index (χ1v) is 11.3. The fraction of sp³-hybridized carbons (Fsp3) is 0.227. The number of carbonyl (C=O) groups is 1. The highest BCUT2D eigenvalue weighted by molar-refractivity contribution is 7.99. The number of rotatable bonds is 8. The quantitative estimate of drug-likeness (QED) is 0.299. The Morgan fingerprint density at radius 1 is 1.15 bits per heavy atom. The number of Topliss-reactive ketones (excluding diaryl/α,β-unsaturated/α-hetero) is 1. The summed E-state index contributed by atoms with van der Waals surface area (Å²) in [5.41, 5.74) is 5.37. The normalized spacial score (nSPS) is 13.3. The Morgan fingerprint density at radius 3 is 2.64 bits per heavy atom. The zero-order valence-corrected chi connectivity index (χ0v) is 18.2. The highest BCUT2D eigenvalue weighted by Gasteiger charge is 2.30. The number of ketones is 1. The van der Waals surface area contributed by atoms with Crippen LogP contribution in [-0.4, -0.2) is 35.9 Å². The number of hydrogen-bond donors (Lipinski definition) is 2. The standard InChI is InChI=1S/C22H20N6O4S/c23-18-17(20(30)24-21(31)28(18)14-8-9-14)16(29)12-33-22-26-25-19(13-5-2-1-3-6-13)27(22)11-15-7-4-10-32-15/h1-7,10,14H,8-9,11-12,23H2,(H,24,30,31).